The molecule has 5 nitrogen and oxygen atoms in total. The van der Waals surface area contributed by atoms with Crippen LogP contribution in [0.25, 0.3) is 0 Å². The van der Waals surface area contributed by atoms with Crippen molar-refractivity contribution in [2.75, 3.05) is 17.2 Å². The fourth-order valence-corrected chi connectivity index (χ4v) is 2.83. The molecule has 0 fully saturated rings. The number of hydrogen-bond donors (Lipinski definition) is 1. The highest BCUT2D eigenvalue weighted by Gasteiger charge is 2.28. The molecule has 1 aromatic carbocycles. The summed E-state index contributed by atoms with van der Waals surface area (Å²) < 4.78 is 1.66. The number of nitrogens with two attached hydrogens (primary N) is 1. The van der Waals surface area contributed by atoms with Gasteiger partial charge in [-0.3, -0.25) is 9.48 Å². The van der Waals surface area contributed by atoms with Crippen molar-refractivity contribution in [3.05, 3.63) is 40.7 Å². The van der Waals surface area contributed by atoms with Crippen LogP contribution in [0.2, 0.25) is 0 Å². The van der Waals surface area contributed by atoms with Crippen molar-refractivity contribution in [2.45, 2.75) is 26.7 Å². The van der Waals surface area contributed by atoms with E-state index < -0.39 is 0 Å². The summed E-state index contributed by atoms with van der Waals surface area (Å²) in [7, 11) is 1.81. The summed E-state index contributed by atoms with van der Waals surface area (Å²) in [5.74, 6) is -0.00768. The van der Waals surface area contributed by atoms with Crippen molar-refractivity contribution >= 4 is 17.3 Å². The molecular weight excluding hydrogens is 264 g/mol. The normalized spacial score (nSPS) is 13.6. The summed E-state index contributed by atoms with van der Waals surface area (Å²) in [6, 6.07) is 5.86. The zero-order valence-electron chi connectivity index (χ0n) is 12.7. The van der Waals surface area contributed by atoms with Crippen molar-refractivity contribution in [1.82, 2.24) is 9.78 Å². The predicted molar refractivity (Wildman–Crippen MR) is 83.6 cm³/mol. The number of aryl methyl sites for hydroxylation is 3. The van der Waals surface area contributed by atoms with Crippen molar-refractivity contribution in [1.29, 1.82) is 0 Å². The quantitative estimate of drug-likeness (QED) is 0.859. The molecule has 2 N–H and O–H groups in total. The van der Waals surface area contributed by atoms with Crippen molar-refractivity contribution in [3.8, 4) is 0 Å². The molecule has 0 atom stereocenters. The summed E-state index contributed by atoms with van der Waals surface area (Å²) in [6.07, 6.45) is 1.70. The van der Waals surface area contributed by atoms with Crippen LogP contribution in [0.4, 0.5) is 11.4 Å². The van der Waals surface area contributed by atoms with Crippen LogP contribution in [-0.4, -0.2) is 22.2 Å². The Morgan fingerprint density at radius 3 is 2.81 bits per heavy atom. The molecule has 1 aliphatic heterocycles. The molecule has 0 spiro atoms. The molecule has 0 saturated heterocycles. The van der Waals surface area contributed by atoms with Gasteiger partial charge in [-0.25, -0.2) is 0 Å². The zero-order chi connectivity index (χ0) is 15.1. The minimum atomic E-state index is -0.00768. The lowest BCUT2D eigenvalue weighted by atomic mass is 10.1. The van der Waals surface area contributed by atoms with Crippen molar-refractivity contribution in [2.24, 2.45) is 7.05 Å². The molecule has 5 heteroatoms. The summed E-state index contributed by atoms with van der Waals surface area (Å²) >= 11 is 0. The van der Waals surface area contributed by atoms with E-state index in [9.17, 15) is 4.79 Å². The Kier molecular flexibility index (Phi) is 3.20. The molecule has 1 amide bonds. The molecule has 0 aliphatic carbocycles. The molecule has 2 heterocycles. The topological polar surface area (TPSA) is 64.2 Å². The summed E-state index contributed by atoms with van der Waals surface area (Å²) in [4.78, 5) is 14.6. The summed E-state index contributed by atoms with van der Waals surface area (Å²) in [5.41, 5.74) is 11.5. The minimum absolute atomic E-state index is 0.00768. The highest BCUT2D eigenvalue weighted by atomic mass is 16.2. The number of nitrogens with zero attached hydrogens (tertiary/aromatic N) is 3. The largest absolute Gasteiger partial charge is 0.398 e. The lowest BCUT2D eigenvalue weighted by Crippen LogP contribution is -2.30. The summed E-state index contributed by atoms with van der Waals surface area (Å²) in [5, 5.41) is 4.35. The molecule has 3 rings (SSSR count). The van der Waals surface area contributed by atoms with E-state index in [1.807, 2.05) is 37.9 Å². The highest BCUT2D eigenvalue weighted by molar-refractivity contribution is 6.06. The number of anilines is 2. The Labute approximate surface area is 124 Å². The fourth-order valence-electron chi connectivity index (χ4n) is 2.83. The number of rotatable bonds is 2. The molecular formula is C16H20N4O. The molecule has 1 aromatic heterocycles. The average Bonchev–Trinajstić information content (AvgIpc) is 3.02. The predicted octanol–water partition coefficient (Wildman–Crippen LogP) is 2.08. The van der Waals surface area contributed by atoms with Gasteiger partial charge in [0.15, 0.2) is 0 Å². The number of nitrogen functional groups attached to an aromatic ring is 1. The van der Waals surface area contributed by atoms with Gasteiger partial charge in [0.25, 0.3) is 5.91 Å². The van der Waals surface area contributed by atoms with Gasteiger partial charge in [-0.15, -0.1) is 0 Å². The van der Waals surface area contributed by atoms with Gasteiger partial charge in [0, 0.05) is 25.0 Å². The van der Waals surface area contributed by atoms with Crippen LogP contribution in [0.5, 0.6) is 0 Å². The monoisotopic (exact) mass is 284 g/mol. The smallest absolute Gasteiger partial charge is 0.276 e. The van der Waals surface area contributed by atoms with E-state index in [4.69, 9.17) is 5.73 Å². The third-order valence-electron chi connectivity index (χ3n) is 4.12. The first-order valence-corrected chi connectivity index (χ1v) is 7.25. The second-order valence-corrected chi connectivity index (χ2v) is 5.54. The minimum Gasteiger partial charge on any atom is -0.398 e. The molecule has 0 saturated carbocycles. The Balaban J connectivity index is 1.98. The van der Waals surface area contributed by atoms with Crippen LogP contribution in [0.15, 0.2) is 18.2 Å². The molecule has 21 heavy (non-hydrogen) atoms. The van der Waals surface area contributed by atoms with Gasteiger partial charge in [0.1, 0.15) is 5.69 Å². The zero-order valence-corrected chi connectivity index (χ0v) is 12.7. The van der Waals surface area contributed by atoms with Crippen LogP contribution in [0.3, 0.4) is 0 Å². The molecule has 0 radical (unpaired) electrons. The number of carbonyl (C=O) groups is 1. The number of hydrogen-bond acceptors (Lipinski definition) is 3. The van der Waals surface area contributed by atoms with E-state index >= 15 is 0 Å². The second kappa shape index (κ2) is 4.91. The van der Waals surface area contributed by atoms with Gasteiger partial charge >= 0.3 is 0 Å². The lowest BCUT2D eigenvalue weighted by Gasteiger charge is -2.18. The standard InChI is InChI=1S/C16H20N4O/c1-4-12-8-15(19(3)18-12)16(21)20-6-5-11-7-10(2)13(17)9-14(11)20/h7-9H,4-6,17H2,1-3H3. The Morgan fingerprint density at radius 1 is 1.38 bits per heavy atom. The second-order valence-electron chi connectivity index (χ2n) is 5.54. The van der Waals surface area contributed by atoms with E-state index in [1.54, 1.807) is 4.68 Å². The third-order valence-corrected chi connectivity index (χ3v) is 4.12. The van der Waals surface area contributed by atoms with Crippen LogP contribution >= 0.6 is 0 Å². The number of fused-ring (bicyclic) bond motifs is 1. The Morgan fingerprint density at radius 2 is 2.14 bits per heavy atom. The number of aromatic nitrogens is 2. The SMILES string of the molecule is CCc1cc(C(=O)N2CCc3cc(C)c(N)cc32)n(C)n1. The van der Waals surface area contributed by atoms with Crippen LogP contribution in [0.1, 0.15) is 34.2 Å². The molecule has 0 unspecified atom stereocenters. The van der Waals surface area contributed by atoms with Crippen LogP contribution < -0.4 is 10.6 Å². The maximum Gasteiger partial charge on any atom is 0.276 e. The van der Waals surface area contributed by atoms with Gasteiger partial charge in [0.2, 0.25) is 0 Å². The van der Waals surface area contributed by atoms with Crippen molar-refractivity contribution in [3.63, 3.8) is 0 Å². The third kappa shape index (κ3) is 2.18. The Hall–Kier alpha value is -2.30. The van der Waals surface area contributed by atoms with Gasteiger partial charge < -0.3 is 10.6 Å². The summed E-state index contributed by atoms with van der Waals surface area (Å²) in [6.45, 7) is 4.73. The van der Waals surface area contributed by atoms with E-state index in [2.05, 4.69) is 11.2 Å². The van der Waals surface area contributed by atoms with Gasteiger partial charge in [-0.1, -0.05) is 13.0 Å². The van der Waals surface area contributed by atoms with Gasteiger partial charge in [0.05, 0.1) is 5.69 Å². The van der Waals surface area contributed by atoms with E-state index in [-0.39, 0.29) is 5.91 Å². The number of benzene rings is 1. The molecule has 1 aliphatic rings. The first-order valence-electron chi connectivity index (χ1n) is 7.25. The Bertz CT molecular complexity index is 717. The molecule has 0 bridgehead atoms. The van der Waals surface area contributed by atoms with Gasteiger partial charge in [-0.05, 0) is 43.0 Å². The lowest BCUT2D eigenvalue weighted by molar-refractivity contribution is 0.0980. The van der Waals surface area contributed by atoms with Crippen molar-refractivity contribution < 1.29 is 4.79 Å². The van der Waals surface area contributed by atoms with Crippen LogP contribution in [0, 0.1) is 6.92 Å². The maximum atomic E-state index is 12.8. The van der Waals surface area contributed by atoms with E-state index in [1.165, 1.54) is 5.56 Å². The van der Waals surface area contributed by atoms with Gasteiger partial charge in [-0.2, -0.15) is 5.10 Å². The molecule has 2 aromatic rings. The number of carbonyl (C=O) groups excluding carboxylic acids is 1. The fraction of sp³-hybridized carbons (Fsp3) is 0.375. The van der Waals surface area contributed by atoms with Crippen LogP contribution in [-0.2, 0) is 19.9 Å². The highest BCUT2D eigenvalue weighted by Crippen LogP contribution is 2.33. The molecule has 110 valence electrons. The maximum absolute atomic E-state index is 12.8. The first-order chi connectivity index (χ1) is 10.0. The van der Waals surface area contributed by atoms with E-state index in [0.717, 1.165) is 35.5 Å². The van der Waals surface area contributed by atoms with E-state index in [0.29, 0.717) is 12.2 Å². The average molecular weight is 284 g/mol. The first kappa shape index (κ1) is 13.7. The number of amides is 1.